The van der Waals surface area contributed by atoms with Gasteiger partial charge in [-0.05, 0) is 6.07 Å². The molecule has 0 saturated heterocycles. The van der Waals surface area contributed by atoms with E-state index in [1.54, 1.807) is 0 Å². The summed E-state index contributed by atoms with van der Waals surface area (Å²) < 4.78 is 0. The van der Waals surface area contributed by atoms with Gasteiger partial charge in [-0.3, -0.25) is 15.0 Å². The van der Waals surface area contributed by atoms with E-state index in [1.165, 1.54) is 24.3 Å². The van der Waals surface area contributed by atoms with Gasteiger partial charge in [-0.1, -0.05) is 24.4 Å². The molecule has 15 heavy (non-hydrogen) atoms. The molecule has 0 fully saturated rings. The molecule has 1 aromatic carbocycles. The van der Waals surface area contributed by atoms with Gasteiger partial charge >= 0.3 is 5.09 Å². The van der Waals surface area contributed by atoms with Crippen molar-refractivity contribution in [3.63, 3.8) is 0 Å². The van der Waals surface area contributed by atoms with E-state index in [1.807, 2.05) is 0 Å². The minimum Gasteiger partial charge on any atom is -0.264 e. The predicted octanol–water partition coefficient (Wildman–Crippen LogP) is 1.48. The van der Waals surface area contributed by atoms with Crippen LogP contribution < -0.4 is 0 Å². The van der Waals surface area contributed by atoms with Crippen molar-refractivity contribution in [2.24, 2.45) is 0 Å². The van der Waals surface area contributed by atoms with Crippen LogP contribution in [0.4, 0.5) is 5.69 Å². The number of nitrogens with zero attached hydrogens (tertiary/aromatic N) is 2. The number of thiocarbonyl (C=S) groups is 1. The largest absolute Gasteiger partial charge is 0.300 e. The molecule has 0 aliphatic heterocycles. The molecular weight excluding hydrogens is 224 g/mol. The quantitative estimate of drug-likeness (QED) is 0.441. The van der Waals surface area contributed by atoms with E-state index < -0.39 is 15.1 Å². The lowest BCUT2D eigenvalue weighted by atomic mass is 10.2. The number of rotatable bonds is 3. The number of nitro benzene ring substituents is 1. The minimum absolute atomic E-state index is 0.0887. The Bertz CT molecular complexity index is 433. The van der Waals surface area contributed by atoms with Crippen molar-refractivity contribution in [1.29, 1.82) is 0 Å². The van der Waals surface area contributed by atoms with E-state index in [0.717, 1.165) is 0 Å². The number of nitro groups is 1. The average molecular weight is 228 g/mol. The molecule has 0 N–H and O–H groups in total. The van der Waals surface area contributed by atoms with Crippen LogP contribution >= 0.6 is 12.2 Å². The Kier molecular flexibility index (Phi) is 3.24. The SMILES string of the molecule is O=[N+]([O-])OC(=S)c1ccccc1[N+](=O)[O-]. The van der Waals surface area contributed by atoms with E-state index in [2.05, 4.69) is 17.1 Å². The molecule has 0 spiro atoms. The predicted molar refractivity (Wildman–Crippen MR) is 52.9 cm³/mol. The molecule has 7 nitrogen and oxygen atoms in total. The maximum absolute atomic E-state index is 10.5. The average Bonchev–Trinajstić information content (AvgIpc) is 2.16. The van der Waals surface area contributed by atoms with Gasteiger partial charge in [-0.15, -0.1) is 10.1 Å². The normalized spacial score (nSPS) is 9.33. The van der Waals surface area contributed by atoms with Crippen LogP contribution in [0.2, 0.25) is 0 Å². The van der Waals surface area contributed by atoms with Crippen molar-refractivity contribution in [1.82, 2.24) is 0 Å². The van der Waals surface area contributed by atoms with Crippen LogP contribution in [0.25, 0.3) is 0 Å². The van der Waals surface area contributed by atoms with Crippen molar-refractivity contribution < 1.29 is 14.8 Å². The topological polar surface area (TPSA) is 95.5 Å². The summed E-state index contributed by atoms with van der Waals surface area (Å²) >= 11 is 4.54. The maximum Gasteiger partial charge on any atom is 0.300 e. The zero-order chi connectivity index (χ0) is 11.4. The molecule has 78 valence electrons. The third-order valence-electron chi connectivity index (χ3n) is 1.48. The van der Waals surface area contributed by atoms with E-state index >= 15 is 0 Å². The zero-order valence-corrected chi connectivity index (χ0v) is 7.97. The van der Waals surface area contributed by atoms with Gasteiger partial charge in [-0.2, -0.15) is 0 Å². The van der Waals surface area contributed by atoms with Crippen LogP contribution in [0.15, 0.2) is 24.3 Å². The van der Waals surface area contributed by atoms with E-state index in [9.17, 15) is 20.2 Å². The Morgan fingerprint density at radius 1 is 1.27 bits per heavy atom. The van der Waals surface area contributed by atoms with Crippen LogP contribution in [-0.4, -0.2) is 15.1 Å². The molecule has 8 heteroatoms. The summed E-state index contributed by atoms with van der Waals surface area (Å²) in [6.45, 7) is 0. The molecule has 0 radical (unpaired) electrons. The van der Waals surface area contributed by atoms with Gasteiger partial charge in [-0.25, -0.2) is 0 Å². The highest BCUT2D eigenvalue weighted by Crippen LogP contribution is 2.19. The molecule has 0 aromatic heterocycles. The van der Waals surface area contributed by atoms with Crippen molar-refractivity contribution in [2.75, 3.05) is 0 Å². The van der Waals surface area contributed by atoms with Crippen LogP contribution in [0, 0.1) is 20.2 Å². The third kappa shape index (κ3) is 2.68. The van der Waals surface area contributed by atoms with Gasteiger partial charge in [0, 0.05) is 6.07 Å². The first-order valence-corrected chi connectivity index (χ1v) is 4.03. The van der Waals surface area contributed by atoms with Gasteiger partial charge < -0.3 is 0 Å². The third-order valence-corrected chi connectivity index (χ3v) is 1.77. The Balaban J connectivity index is 3.08. The lowest BCUT2D eigenvalue weighted by Gasteiger charge is -2.01. The summed E-state index contributed by atoms with van der Waals surface area (Å²) in [5.74, 6) is 0. The number of benzene rings is 1. The molecular formula is C7H4N2O5S. The first-order chi connectivity index (χ1) is 7.02. The van der Waals surface area contributed by atoms with Gasteiger partial charge in [0.05, 0.1) is 10.5 Å². The van der Waals surface area contributed by atoms with Gasteiger partial charge in [0.25, 0.3) is 5.69 Å². The molecule has 0 unspecified atom stereocenters. The van der Waals surface area contributed by atoms with Crippen molar-refractivity contribution in [3.8, 4) is 0 Å². The highest BCUT2D eigenvalue weighted by molar-refractivity contribution is 7.80. The lowest BCUT2D eigenvalue weighted by Crippen LogP contribution is -2.11. The second-order valence-corrected chi connectivity index (χ2v) is 2.75. The first-order valence-electron chi connectivity index (χ1n) is 3.62. The summed E-state index contributed by atoms with van der Waals surface area (Å²) in [7, 11) is 0. The summed E-state index contributed by atoms with van der Waals surface area (Å²) in [6, 6.07) is 5.36. The summed E-state index contributed by atoms with van der Waals surface area (Å²) in [6.07, 6.45) is 0. The van der Waals surface area contributed by atoms with Crippen molar-refractivity contribution >= 4 is 23.0 Å². The van der Waals surface area contributed by atoms with E-state index in [-0.39, 0.29) is 11.3 Å². The Morgan fingerprint density at radius 3 is 2.40 bits per heavy atom. The maximum atomic E-state index is 10.5. The van der Waals surface area contributed by atoms with Crippen molar-refractivity contribution in [2.45, 2.75) is 0 Å². The molecule has 0 heterocycles. The summed E-state index contributed by atoms with van der Waals surface area (Å²) in [5.41, 5.74) is -0.418. The second-order valence-electron chi connectivity index (χ2n) is 2.38. The van der Waals surface area contributed by atoms with Crippen LogP contribution in [0.3, 0.4) is 0 Å². The van der Waals surface area contributed by atoms with Gasteiger partial charge in [0.1, 0.15) is 0 Å². The highest BCUT2D eigenvalue weighted by Gasteiger charge is 2.18. The first kappa shape index (κ1) is 11.0. The molecule has 0 atom stereocenters. The smallest absolute Gasteiger partial charge is 0.264 e. The molecule has 0 aliphatic carbocycles. The molecule has 1 rings (SSSR count). The monoisotopic (exact) mass is 228 g/mol. The molecule has 0 saturated carbocycles. The molecule has 0 aliphatic rings. The van der Waals surface area contributed by atoms with Gasteiger partial charge in [0.15, 0.2) is 0 Å². The Labute approximate surface area is 88.5 Å². The second kappa shape index (κ2) is 4.42. The molecule has 0 bridgehead atoms. The zero-order valence-electron chi connectivity index (χ0n) is 7.15. The van der Waals surface area contributed by atoms with E-state index in [0.29, 0.717) is 0 Å². The Hall–Kier alpha value is -2.09. The van der Waals surface area contributed by atoms with Gasteiger partial charge in [0.2, 0.25) is 5.05 Å². The highest BCUT2D eigenvalue weighted by atomic mass is 32.1. The standard InChI is InChI=1S/C7H4N2O5S/c10-8(11)6-4-2-1-3-5(6)7(15)14-9(12)13/h1-4H. The number of hydrogen-bond donors (Lipinski definition) is 0. The van der Waals surface area contributed by atoms with Crippen LogP contribution in [-0.2, 0) is 4.84 Å². The minimum atomic E-state index is -1.11. The van der Waals surface area contributed by atoms with E-state index in [4.69, 9.17) is 0 Å². The van der Waals surface area contributed by atoms with Crippen LogP contribution in [0.5, 0.6) is 0 Å². The van der Waals surface area contributed by atoms with Crippen molar-refractivity contribution in [3.05, 3.63) is 50.1 Å². The summed E-state index contributed by atoms with van der Waals surface area (Å²) in [4.78, 5) is 23.8. The van der Waals surface area contributed by atoms with Crippen LogP contribution in [0.1, 0.15) is 5.56 Å². The number of hydrogen-bond acceptors (Lipinski definition) is 6. The molecule has 0 amide bonds. The lowest BCUT2D eigenvalue weighted by molar-refractivity contribution is -0.722. The summed E-state index contributed by atoms with van der Waals surface area (Å²) in [5, 5.41) is 18.9. The fourth-order valence-electron chi connectivity index (χ4n) is 0.922. The number of para-hydroxylation sites is 1. The molecule has 1 aromatic rings. The Morgan fingerprint density at radius 2 is 1.87 bits per heavy atom. The fraction of sp³-hybridized carbons (Fsp3) is 0. The fourth-order valence-corrected chi connectivity index (χ4v) is 1.16.